The van der Waals surface area contributed by atoms with Gasteiger partial charge >= 0.3 is 0 Å². The standard InChI is InChI=1S/C21H21N5OS2/c1-5-28-21-24-26-18(22)17(19(27)23-20(26)29-21)11-15-10-13(3)25(14(15)4)16-8-6-12(2)7-9-16/h6-11,22H,5H2,1-4H3/b17-11-,22-18?. The Morgan fingerprint density at radius 1 is 1.21 bits per heavy atom. The maximum absolute atomic E-state index is 12.6. The number of hydrogen-bond donors (Lipinski definition) is 1. The van der Waals surface area contributed by atoms with Crippen LogP contribution in [0, 0.1) is 26.2 Å². The predicted molar refractivity (Wildman–Crippen MR) is 123 cm³/mol. The van der Waals surface area contributed by atoms with Gasteiger partial charge in [0.2, 0.25) is 5.17 Å². The van der Waals surface area contributed by atoms with Crippen LogP contribution in [0.4, 0.5) is 0 Å². The van der Waals surface area contributed by atoms with Gasteiger partial charge in [-0.3, -0.25) is 10.2 Å². The van der Waals surface area contributed by atoms with Crippen LogP contribution in [-0.2, 0) is 4.79 Å². The van der Waals surface area contributed by atoms with Gasteiger partial charge in [-0.25, -0.2) is 0 Å². The maximum atomic E-state index is 12.6. The van der Waals surface area contributed by atoms with Gasteiger partial charge in [0.1, 0.15) is 0 Å². The highest BCUT2D eigenvalue weighted by Gasteiger charge is 2.35. The first kappa shape index (κ1) is 19.7. The molecule has 1 aromatic heterocycles. The van der Waals surface area contributed by atoms with E-state index in [1.165, 1.54) is 22.3 Å². The number of aliphatic imine (C=N–C) groups is 1. The summed E-state index contributed by atoms with van der Waals surface area (Å²) >= 11 is 2.92. The number of carbonyl (C=O) groups excluding carboxylic acids is 1. The van der Waals surface area contributed by atoms with E-state index in [2.05, 4.69) is 45.9 Å². The molecule has 1 amide bonds. The zero-order chi connectivity index (χ0) is 20.7. The van der Waals surface area contributed by atoms with Crippen molar-refractivity contribution in [1.82, 2.24) is 9.58 Å². The second kappa shape index (κ2) is 7.68. The molecule has 6 nitrogen and oxygen atoms in total. The smallest absolute Gasteiger partial charge is 0.283 e. The highest BCUT2D eigenvalue weighted by Crippen LogP contribution is 2.33. The number of nitrogens with one attached hydrogen (secondary N) is 1. The average Bonchev–Trinajstić information content (AvgIpc) is 3.20. The Labute approximate surface area is 178 Å². The molecule has 0 atom stereocenters. The lowest BCUT2D eigenvalue weighted by Gasteiger charge is -2.20. The molecule has 0 saturated heterocycles. The van der Waals surface area contributed by atoms with Crippen molar-refractivity contribution >= 4 is 50.9 Å². The molecule has 1 N–H and O–H groups in total. The first-order chi connectivity index (χ1) is 13.9. The van der Waals surface area contributed by atoms with Crippen molar-refractivity contribution in [2.24, 2.45) is 10.1 Å². The molecule has 0 bridgehead atoms. The molecule has 29 heavy (non-hydrogen) atoms. The van der Waals surface area contributed by atoms with Gasteiger partial charge in [-0.1, -0.05) is 36.4 Å². The Balaban J connectivity index is 1.72. The number of thioether (sulfide) groups is 2. The number of aryl methyl sites for hydroxylation is 2. The van der Waals surface area contributed by atoms with Crippen molar-refractivity contribution in [1.29, 1.82) is 5.41 Å². The van der Waals surface area contributed by atoms with E-state index in [0.717, 1.165) is 32.8 Å². The highest BCUT2D eigenvalue weighted by atomic mass is 32.2. The number of amides is 1. The summed E-state index contributed by atoms with van der Waals surface area (Å²) < 4.78 is 2.96. The SMILES string of the molecule is CCSC1=NN2C(=N)/C(=C/c3cc(C)n(-c4ccc(C)cc4)c3C)C(=O)N=C2S1. The largest absolute Gasteiger partial charge is 0.318 e. The zero-order valence-electron chi connectivity index (χ0n) is 16.7. The molecule has 0 spiro atoms. The van der Waals surface area contributed by atoms with Crippen LogP contribution in [0.3, 0.4) is 0 Å². The minimum atomic E-state index is -0.396. The van der Waals surface area contributed by atoms with E-state index in [4.69, 9.17) is 5.41 Å². The van der Waals surface area contributed by atoms with Crippen LogP contribution < -0.4 is 0 Å². The molecule has 2 aliphatic heterocycles. The summed E-state index contributed by atoms with van der Waals surface area (Å²) in [5.41, 5.74) is 5.50. The quantitative estimate of drug-likeness (QED) is 0.724. The second-order valence-corrected chi connectivity index (χ2v) is 9.28. The van der Waals surface area contributed by atoms with E-state index in [9.17, 15) is 4.79 Å². The van der Waals surface area contributed by atoms with Crippen molar-refractivity contribution in [2.75, 3.05) is 5.75 Å². The summed E-state index contributed by atoms with van der Waals surface area (Å²) in [5.74, 6) is 0.549. The van der Waals surface area contributed by atoms with Crippen LogP contribution in [0.2, 0.25) is 0 Å². The molecular formula is C21H21N5OS2. The van der Waals surface area contributed by atoms with Crippen LogP contribution in [0.5, 0.6) is 0 Å². The van der Waals surface area contributed by atoms with E-state index in [0.29, 0.717) is 5.17 Å². The van der Waals surface area contributed by atoms with E-state index in [-0.39, 0.29) is 11.4 Å². The van der Waals surface area contributed by atoms with Crippen molar-refractivity contribution < 1.29 is 4.79 Å². The lowest BCUT2D eigenvalue weighted by atomic mass is 10.1. The molecule has 3 heterocycles. The van der Waals surface area contributed by atoms with Gasteiger partial charge in [0, 0.05) is 17.1 Å². The number of carbonyl (C=O) groups is 1. The Morgan fingerprint density at radius 2 is 1.93 bits per heavy atom. The first-order valence-corrected chi connectivity index (χ1v) is 11.1. The van der Waals surface area contributed by atoms with Gasteiger partial charge in [-0.05, 0) is 68.1 Å². The number of aromatic nitrogens is 1. The fourth-order valence-electron chi connectivity index (χ4n) is 3.34. The van der Waals surface area contributed by atoms with Gasteiger partial charge < -0.3 is 4.57 Å². The number of fused-ring (bicyclic) bond motifs is 1. The van der Waals surface area contributed by atoms with E-state index in [1.807, 2.05) is 26.8 Å². The van der Waals surface area contributed by atoms with E-state index in [1.54, 1.807) is 17.8 Å². The van der Waals surface area contributed by atoms with Gasteiger partial charge in [0.25, 0.3) is 5.91 Å². The molecule has 148 valence electrons. The Bertz CT molecular complexity index is 1110. The second-order valence-electron chi connectivity index (χ2n) is 6.82. The predicted octanol–water partition coefficient (Wildman–Crippen LogP) is 4.73. The fraction of sp³-hybridized carbons (Fsp3) is 0.238. The maximum Gasteiger partial charge on any atom is 0.283 e. The summed E-state index contributed by atoms with van der Waals surface area (Å²) in [6.45, 7) is 8.16. The summed E-state index contributed by atoms with van der Waals surface area (Å²) in [5, 5.41) is 14.9. The van der Waals surface area contributed by atoms with Crippen molar-refractivity contribution in [3.05, 3.63) is 58.4 Å². The zero-order valence-corrected chi connectivity index (χ0v) is 18.3. The third kappa shape index (κ3) is 3.58. The molecule has 0 unspecified atom stereocenters. The van der Waals surface area contributed by atoms with Crippen molar-refractivity contribution in [2.45, 2.75) is 27.7 Å². The lowest BCUT2D eigenvalue weighted by molar-refractivity contribution is -0.114. The molecule has 4 rings (SSSR count). The monoisotopic (exact) mass is 423 g/mol. The minimum absolute atomic E-state index is 0.0688. The molecule has 0 radical (unpaired) electrons. The first-order valence-electron chi connectivity index (χ1n) is 9.28. The van der Waals surface area contributed by atoms with Gasteiger partial charge in [-0.2, -0.15) is 10.0 Å². The minimum Gasteiger partial charge on any atom is -0.318 e. The summed E-state index contributed by atoms with van der Waals surface area (Å²) in [6.07, 6.45) is 1.75. The molecule has 2 aromatic rings. The normalized spacial score (nSPS) is 17.7. The summed E-state index contributed by atoms with van der Waals surface area (Å²) in [4.78, 5) is 16.8. The van der Waals surface area contributed by atoms with Crippen LogP contribution in [-0.4, -0.2) is 36.6 Å². The number of rotatable bonds is 3. The Morgan fingerprint density at radius 3 is 2.62 bits per heavy atom. The topological polar surface area (TPSA) is 73.8 Å². The van der Waals surface area contributed by atoms with Crippen LogP contribution >= 0.6 is 23.5 Å². The molecule has 8 heteroatoms. The van der Waals surface area contributed by atoms with Crippen molar-refractivity contribution in [3.63, 3.8) is 0 Å². The number of hydrazone groups is 1. The Hall–Kier alpha value is -2.58. The van der Waals surface area contributed by atoms with E-state index >= 15 is 0 Å². The van der Waals surface area contributed by atoms with Crippen LogP contribution in [0.15, 0.2) is 46.0 Å². The third-order valence-corrected chi connectivity index (χ3v) is 6.69. The number of nitrogens with zero attached hydrogens (tertiary/aromatic N) is 4. The molecule has 0 saturated carbocycles. The number of amidine groups is 2. The van der Waals surface area contributed by atoms with Gasteiger partial charge in [-0.15, -0.1) is 5.10 Å². The van der Waals surface area contributed by atoms with Gasteiger partial charge in [0.05, 0.1) is 5.57 Å². The molecule has 0 aliphatic carbocycles. The summed E-state index contributed by atoms with van der Waals surface area (Å²) in [7, 11) is 0. The molecule has 1 aromatic carbocycles. The summed E-state index contributed by atoms with van der Waals surface area (Å²) in [6, 6.07) is 10.4. The lowest BCUT2D eigenvalue weighted by Crippen LogP contribution is -2.35. The Kier molecular flexibility index (Phi) is 5.23. The molecular weight excluding hydrogens is 402 g/mol. The highest BCUT2D eigenvalue weighted by molar-refractivity contribution is 8.45. The number of hydrogen-bond acceptors (Lipinski definition) is 5. The van der Waals surface area contributed by atoms with Crippen molar-refractivity contribution in [3.8, 4) is 5.69 Å². The molecule has 2 aliphatic rings. The fourth-order valence-corrected chi connectivity index (χ4v) is 5.16. The van der Waals surface area contributed by atoms with Gasteiger partial charge in [0.15, 0.2) is 10.2 Å². The average molecular weight is 424 g/mol. The van der Waals surface area contributed by atoms with Crippen LogP contribution in [0.1, 0.15) is 29.4 Å². The van der Waals surface area contributed by atoms with Crippen LogP contribution in [0.25, 0.3) is 11.8 Å². The third-order valence-electron chi connectivity index (χ3n) is 4.77. The van der Waals surface area contributed by atoms with E-state index < -0.39 is 5.91 Å². The number of benzene rings is 1. The molecule has 0 fully saturated rings.